The van der Waals surface area contributed by atoms with Crippen LogP contribution < -0.4 is 5.73 Å². The summed E-state index contributed by atoms with van der Waals surface area (Å²) < 4.78 is 20.3. The Morgan fingerprint density at radius 3 is 2.88 bits per heavy atom. The van der Waals surface area contributed by atoms with E-state index in [1.807, 2.05) is 0 Å². The molecule has 1 aromatic carbocycles. The van der Waals surface area contributed by atoms with Crippen LogP contribution in [0.4, 0.5) is 4.39 Å². The normalized spacial score (nSPS) is 23.4. The Hall–Kier alpha value is -2.32. The first kappa shape index (κ1) is 17.5. The van der Waals surface area contributed by atoms with Crippen LogP contribution in [0.25, 0.3) is 5.69 Å². The van der Waals surface area contributed by atoms with Crippen molar-refractivity contribution in [2.45, 2.75) is 43.7 Å². The highest BCUT2D eigenvalue weighted by atomic mass is 19.1. The Morgan fingerprint density at radius 1 is 1.44 bits per heavy atom. The van der Waals surface area contributed by atoms with Gasteiger partial charge >= 0.3 is 5.97 Å². The van der Waals surface area contributed by atoms with Crippen molar-refractivity contribution in [2.24, 2.45) is 5.73 Å². The number of carbonyl (C=O) groups excluding carboxylic acids is 1. The highest BCUT2D eigenvalue weighted by molar-refractivity contribution is 5.71. The van der Waals surface area contributed by atoms with E-state index in [0.717, 1.165) is 0 Å². The lowest BCUT2D eigenvalue weighted by Gasteiger charge is -2.30. The van der Waals surface area contributed by atoms with E-state index in [0.29, 0.717) is 25.1 Å². The van der Waals surface area contributed by atoms with E-state index in [1.165, 1.54) is 17.9 Å². The monoisotopic (exact) mass is 348 g/mol. The van der Waals surface area contributed by atoms with Gasteiger partial charge < -0.3 is 15.6 Å². The van der Waals surface area contributed by atoms with Gasteiger partial charge in [0.25, 0.3) is 0 Å². The molecule has 0 spiro atoms. The summed E-state index contributed by atoms with van der Waals surface area (Å²) in [7, 11) is 1.29. The number of aromatic nitrogens is 3. The molecular formula is C17H21FN4O3. The first-order valence-electron chi connectivity index (χ1n) is 8.20. The third-order valence-electron chi connectivity index (χ3n) is 4.52. The molecule has 1 aliphatic rings. The Labute approximate surface area is 144 Å². The fourth-order valence-electron chi connectivity index (χ4n) is 3.11. The number of aliphatic hydroxyl groups is 1. The van der Waals surface area contributed by atoms with Crippen molar-refractivity contribution in [3.05, 3.63) is 41.7 Å². The van der Waals surface area contributed by atoms with Crippen molar-refractivity contribution in [2.75, 3.05) is 7.11 Å². The van der Waals surface area contributed by atoms with Gasteiger partial charge in [-0.15, -0.1) is 0 Å². The van der Waals surface area contributed by atoms with E-state index in [4.69, 9.17) is 5.73 Å². The second kappa shape index (κ2) is 7.28. The third kappa shape index (κ3) is 3.69. The molecule has 0 bridgehead atoms. The van der Waals surface area contributed by atoms with Gasteiger partial charge in [0.05, 0.1) is 13.2 Å². The fourth-order valence-corrected chi connectivity index (χ4v) is 3.11. The van der Waals surface area contributed by atoms with E-state index < -0.39 is 17.9 Å². The highest BCUT2D eigenvalue weighted by Crippen LogP contribution is 2.33. The molecule has 3 rings (SSSR count). The van der Waals surface area contributed by atoms with Crippen molar-refractivity contribution in [1.29, 1.82) is 0 Å². The van der Waals surface area contributed by atoms with Gasteiger partial charge in [-0.3, -0.25) is 4.79 Å². The Morgan fingerprint density at radius 2 is 2.20 bits per heavy atom. The van der Waals surface area contributed by atoms with Crippen LogP contribution >= 0.6 is 0 Å². The van der Waals surface area contributed by atoms with Crippen LogP contribution in [0.1, 0.15) is 36.8 Å². The second-order valence-electron chi connectivity index (χ2n) is 6.24. The number of nitrogens with zero attached hydrogens (tertiary/aromatic N) is 3. The number of ether oxygens (including phenoxy) is 1. The van der Waals surface area contributed by atoms with E-state index in [-0.39, 0.29) is 29.9 Å². The zero-order chi connectivity index (χ0) is 18.0. The van der Waals surface area contributed by atoms with Crippen LogP contribution in [0, 0.1) is 5.82 Å². The first-order chi connectivity index (χ1) is 12.0. The molecule has 1 fully saturated rings. The molecular weight excluding hydrogens is 327 g/mol. The number of methoxy groups -OCH3 is 1. The topological polar surface area (TPSA) is 103 Å². The Kier molecular flexibility index (Phi) is 5.10. The number of rotatable bonds is 4. The van der Waals surface area contributed by atoms with Gasteiger partial charge in [-0.25, -0.2) is 14.1 Å². The zero-order valence-electron chi connectivity index (χ0n) is 13.9. The molecule has 0 unspecified atom stereocenters. The van der Waals surface area contributed by atoms with Crippen LogP contribution in [0.3, 0.4) is 0 Å². The Bertz CT molecular complexity index is 764. The van der Waals surface area contributed by atoms with Crippen molar-refractivity contribution in [3.63, 3.8) is 0 Å². The predicted molar refractivity (Wildman–Crippen MR) is 87.6 cm³/mol. The van der Waals surface area contributed by atoms with Crippen molar-refractivity contribution in [3.8, 4) is 5.69 Å². The maximum Gasteiger partial charge on any atom is 0.313 e. The average Bonchev–Trinajstić information content (AvgIpc) is 3.01. The largest absolute Gasteiger partial charge is 0.469 e. The summed E-state index contributed by atoms with van der Waals surface area (Å²) in [6.07, 6.45) is 1.03. The van der Waals surface area contributed by atoms with Gasteiger partial charge in [-0.05, 0) is 31.4 Å². The van der Waals surface area contributed by atoms with Gasteiger partial charge in [-0.1, -0.05) is 12.1 Å². The maximum atomic E-state index is 14.2. The number of hydrogen-bond acceptors (Lipinski definition) is 6. The third-order valence-corrected chi connectivity index (χ3v) is 4.52. The molecule has 3 N–H and O–H groups in total. The van der Waals surface area contributed by atoms with Crippen molar-refractivity contribution < 1.29 is 19.0 Å². The van der Waals surface area contributed by atoms with E-state index >= 15 is 0 Å². The minimum atomic E-state index is -0.645. The van der Waals surface area contributed by atoms with E-state index in [1.54, 1.807) is 18.2 Å². The van der Waals surface area contributed by atoms with E-state index in [9.17, 15) is 14.3 Å². The van der Waals surface area contributed by atoms with E-state index in [2.05, 4.69) is 14.8 Å². The van der Waals surface area contributed by atoms with Gasteiger partial charge in [-0.2, -0.15) is 5.10 Å². The second-order valence-corrected chi connectivity index (χ2v) is 6.24. The summed E-state index contributed by atoms with van der Waals surface area (Å²) in [6.45, 7) is 0. The lowest BCUT2D eigenvalue weighted by molar-refractivity contribution is -0.139. The molecule has 0 aliphatic heterocycles. The fraction of sp³-hybridized carbons (Fsp3) is 0.471. The molecule has 1 saturated carbocycles. The number of benzene rings is 1. The molecule has 0 saturated heterocycles. The number of para-hydroxylation sites is 1. The van der Waals surface area contributed by atoms with Crippen LogP contribution in [-0.2, 0) is 16.0 Å². The summed E-state index contributed by atoms with van der Waals surface area (Å²) in [5, 5.41) is 14.4. The van der Waals surface area contributed by atoms with Crippen LogP contribution in [0.5, 0.6) is 0 Å². The summed E-state index contributed by atoms with van der Waals surface area (Å²) in [6, 6.07) is 5.96. The number of halogens is 1. The molecule has 0 amide bonds. The molecule has 0 radical (unpaired) electrons. The smallest absolute Gasteiger partial charge is 0.313 e. The lowest BCUT2D eigenvalue weighted by Crippen LogP contribution is -2.40. The van der Waals surface area contributed by atoms with Crippen molar-refractivity contribution in [1.82, 2.24) is 14.8 Å². The molecule has 134 valence electrons. The molecule has 8 heteroatoms. The van der Waals surface area contributed by atoms with Crippen LogP contribution in [0.2, 0.25) is 0 Å². The number of esters is 1. The lowest BCUT2D eigenvalue weighted by atomic mass is 9.84. The predicted octanol–water partition coefficient (Wildman–Crippen LogP) is 1.08. The minimum absolute atomic E-state index is 0.0975. The quantitative estimate of drug-likeness (QED) is 0.802. The molecule has 7 nitrogen and oxygen atoms in total. The summed E-state index contributed by atoms with van der Waals surface area (Å²) in [4.78, 5) is 16.0. The number of aliphatic hydroxyl groups excluding tert-OH is 1. The maximum absolute atomic E-state index is 14.2. The minimum Gasteiger partial charge on any atom is -0.469 e. The number of hydrogen-bond donors (Lipinski definition) is 2. The molecule has 2 aromatic rings. The van der Waals surface area contributed by atoms with Gasteiger partial charge in [0.2, 0.25) is 0 Å². The average molecular weight is 348 g/mol. The number of carbonyl (C=O) groups is 1. The molecule has 3 atom stereocenters. The number of nitrogens with two attached hydrogens (primary N) is 1. The Balaban J connectivity index is 2.00. The van der Waals surface area contributed by atoms with Crippen molar-refractivity contribution >= 4 is 5.97 Å². The standard InChI is InChI=1S/C17H21FN4O3/c1-25-16(24)9-15-20-17(10-6-7-12(19)14(23)8-10)22(21-15)13-5-3-2-4-11(13)18/h2-5,10,12,14,23H,6-9,19H2,1H3/t10-,12+,14+/m0/s1. The van der Waals surface area contributed by atoms with Crippen LogP contribution in [-0.4, -0.2) is 45.1 Å². The zero-order valence-corrected chi connectivity index (χ0v) is 13.9. The SMILES string of the molecule is COC(=O)Cc1nc([C@H]2CC[C@@H](N)[C@H](O)C2)n(-c2ccccc2F)n1. The van der Waals surface area contributed by atoms with Gasteiger partial charge in [0.15, 0.2) is 5.82 Å². The molecule has 25 heavy (non-hydrogen) atoms. The molecule has 1 aromatic heterocycles. The van der Waals surface area contributed by atoms with Gasteiger partial charge in [0.1, 0.15) is 23.7 Å². The molecule has 1 aliphatic carbocycles. The first-order valence-corrected chi connectivity index (χ1v) is 8.20. The summed E-state index contributed by atoms with van der Waals surface area (Å²) in [5.74, 6) is -0.244. The summed E-state index contributed by atoms with van der Waals surface area (Å²) >= 11 is 0. The van der Waals surface area contributed by atoms with Crippen LogP contribution in [0.15, 0.2) is 24.3 Å². The molecule has 1 heterocycles. The summed E-state index contributed by atoms with van der Waals surface area (Å²) in [5.41, 5.74) is 6.12. The highest BCUT2D eigenvalue weighted by Gasteiger charge is 2.32. The van der Waals surface area contributed by atoms with Gasteiger partial charge in [0, 0.05) is 12.0 Å².